The number of rotatable bonds is 1. The maximum absolute atomic E-state index is 6.66. The molecule has 0 bridgehead atoms. The van der Waals surface area contributed by atoms with E-state index in [4.69, 9.17) is 14.2 Å². The Kier molecular flexibility index (Phi) is 3.79. The molecule has 4 aliphatic rings. The minimum absolute atomic E-state index is 0.145. The zero-order chi connectivity index (χ0) is 19.4. The van der Waals surface area contributed by atoms with Crippen molar-refractivity contribution in [2.45, 2.75) is 24.6 Å². The van der Waals surface area contributed by atoms with E-state index in [0.717, 1.165) is 54.4 Å². The Morgan fingerprint density at radius 1 is 0.966 bits per heavy atom. The molecule has 1 saturated heterocycles. The third-order valence-corrected chi connectivity index (χ3v) is 6.44. The molecule has 6 heteroatoms. The number of benzene rings is 2. The van der Waals surface area contributed by atoms with Crippen LogP contribution in [0, 0.1) is 0 Å². The van der Waals surface area contributed by atoms with Crippen LogP contribution in [0.3, 0.4) is 0 Å². The summed E-state index contributed by atoms with van der Waals surface area (Å²) in [7, 11) is 2.18. The molecular weight excluding hydrogens is 366 g/mol. The number of hydrogen-bond acceptors (Lipinski definition) is 6. The lowest BCUT2D eigenvalue weighted by molar-refractivity contribution is -0.157. The Balaban J connectivity index is 1.40. The van der Waals surface area contributed by atoms with Crippen LogP contribution < -0.4 is 19.6 Å². The molecule has 0 radical (unpaired) electrons. The first-order chi connectivity index (χ1) is 14.2. The zero-order valence-corrected chi connectivity index (χ0v) is 16.6. The SMILES string of the molecule is CN1CCC2(CC1)Oc1ccccc1[C@@H]1C=C(c3ccc4c(c3)OCCO4)NN12. The molecule has 0 amide bonds. The van der Waals surface area contributed by atoms with Gasteiger partial charge in [0.25, 0.3) is 0 Å². The minimum atomic E-state index is -0.336. The lowest BCUT2D eigenvalue weighted by Gasteiger charge is -2.51. The maximum Gasteiger partial charge on any atom is 0.182 e. The lowest BCUT2D eigenvalue weighted by atomic mass is 9.93. The highest BCUT2D eigenvalue weighted by Gasteiger charge is 2.51. The van der Waals surface area contributed by atoms with Gasteiger partial charge in [0, 0.05) is 37.1 Å². The van der Waals surface area contributed by atoms with Gasteiger partial charge in [0.2, 0.25) is 0 Å². The van der Waals surface area contributed by atoms with Gasteiger partial charge in [-0.1, -0.05) is 18.2 Å². The molecule has 0 saturated carbocycles. The largest absolute Gasteiger partial charge is 0.486 e. The summed E-state index contributed by atoms with van der Waals surface area (Å²) in [6.45, 7) is 3.24. The molecule has 0 aliphatic carbocycles. The van der Waals surface area contributed by atoms with Crippen molar-refractivity contribution < 1.29 is 14.2 Å². The van der Waals surface area contributed by atoms with E-state index in [1.54, 1.807) is 0 Å². The number of para-hydroxylation sites is 1. The van der Waals surface area contributed by atoms with Crippen molar-refractivity contribution in [3.63, 3.8) is 0 Å². The number of ether oxygens (including phenoxy) is 3. The second kappa shape index (κ2) is 6.40. The molecule has 2 aromatic rings. The van der Waals surface area contributed by atoms with Gasteiger partial charge in [-0.2, -0.15) is 5.01 Å². The number of nitrogens with one attached hydrogen (secondary N) is 1. The van der Waals surface area contributed by atoms with Crippen molar-refractivity contribution in [3.8, 4) is 17.2 Å². The summed E-state index contributed by atoms with van der Waals surface area (Å²) in [6, 6.07) is 14.7. The van der Waals surface area contributed by atoms with E-state index in [9.17, 15) is 0 Å². The van der Waals surface area contributed by atoms with Crippen LogP contribution in [0.4, 0.5) is 0 Å². The molecule has 4 heterocycles. The average Bonchev–Trinajstić information content (AvgIpc) is 3.22. The molecule has 0 unspecified atom stereocenters. The summed E-state index contributed by atoms with van der Waals surface area (Å²) in [5.74, 6) is 2.63. The van der Waals surface area contributed by atoms with Gasteiger partial charge in [-0.25, -0.2) is 0 Å². The van der Waals surface area contributed by atoms with Gasteiger partial charge in [0.1, 0.15) is 19.0 Å². The van der Waals surface area contributed by atoms with Gasteiger partial charge in [0.05, 0.1) is 11.7 Å². The topological polar surface area (TPSA) is 46.2 Å². The molecule has 1 fully saturated rings. The number of hydrogen-bond donors (Lipinski definition) is 1. The Morgan fingerprint density at radius 2 is 1.76 bits per heavy atom. The van der Waals surface area contributed by atoms with E-state index >= 15 is 0 Å². The second-order valence-electron chi connectivity index (χ2n) is 8.25. The van der Waals surface area contributed by atoms with Crippen LogP contribution >= 0.6 is 0 Å². The molecule has 0 aromatic heterocycles. The van der Waals surface area contributed by atoms with Crippen LogP contribution in [0.25, 0.3) is 5.70 Å². The highest BCUT2D eigenvalue weighted by molar-refractivity contribution is 5.70. The van der Waals surface area contributed by atoms with Gasteiger partial charge in [-0.3, -0.25) is 0 Å². The number of piperidine rings is 1. The van der Waals surface area contributed by atoms with Gasteiger partial charge in [0.15, 0.2) is 17.2 Å². The molecule has 2 aromatic carbocycles. The predicted molar refractivity (Wildman–Crippen MR) is 110 cm³/mol. The van der Waals surface area contributed by atoms with Crippen molar-refractivity contribution >= 4 is 5.70 Å². The first kappa shape index (κ1) is 17.2. The van der Waals surface area contributed by atoms with Gasteiger partial charge < -0.3 is 24.5 Å². The Morgan fingerprint density at radius 3 is 2.62 bits per heavy atom. The molecule has 4 aliphatic heterocycles. The molecule has 1 spiro atoms. The van der Waals surface area contributed by atoms with Crippen LogP contribution in [0.5, 0.6) is 17.2 Å². The summed E-state index contributed by atoms with van der Waals surface area (Å²) in [6.07, 6.45) is 4.24. The highest BCUT2D eigenvalue weighted by atomic mass is 16.6. The third-order valence-electron chi connectivity index (χ3n) is 6.44. The van der Waals surface area contributed by atoms with Crippen molar-refractivity contribution in [1.29, 1.82) is 0 Å². The Hall–Kier alpha value is -2.70. The lowest BCUT2D eigenvalue weighted by Crippen LogP contribution is -2.63. The minimum Gasteiger partial charge on any atom is -0.486 e. The number of likely N-dealkylation sites (tertiary alicyclic amines) is 1. The monoisotopic (exact) mass is 391 g/mol. The maximum atomic E-state index is 6.66. The van der Waals surface area contributed by atoms with Gasteiger partial charge in [-0.05, 0) is 37.4 Å². The van der Waals surface area contributed by atoms with Crippen LogP contribution in [0.2, 0.25) is 0 Å². The molecule has 1 atom stereocenters. The van der Waals surface area contributed by atoms with Crippen molar-refractivity contribution in [1.82, 2.24) is 15.3 Å². The number of hydrazine groups is 1. The van der Waals surface area contributed by atoms with E-state index in [2.05, 4.69) is 64.9 Å². The number of fused-ring (bicyclic) bond motifs is 5. The quantitative estimate of drug-likeness (QED) is 0.806. The fourth-order valence-electron chi connectivity index (χ4n) is 4.81. The van der Waals surface area contributed by atoms with E-state index < -0.39 is 0 Å². The van der Waals surface area contributed by atoms with Crippen molar-refractivity contribution in [3.05, 3.63) is 59.7 Å². The summed E-state index contributed by atoms with van der Waals surface area (Å²) < 4.78 is 18.1. The van der Waals surface area contributed by atoms with Gasteiger partial charge in [-0.15, -0.1) is 0 Å². The molecule has 1 N–H and O–H groups in total. The zero-order valence-electron chi connectivity index (χ0n) is 16.6. The predicted octanol–water partition coefficient (Wildman–Crippen LogP) is 3.17. The van der Waals surface area contributed by atoms with E-state index in [0.29, 0.717) is 13.2 Å². The van der Waals surface area contributed by atoms with E-state index in [1.165, 1.54) is 5.56 Å². The Labute approximate surface area is 170 Å². The summed E-state index contributed by atoms with van der Waals surface area (Å²) in [4.78, 5) is 2.37. The first-order valence-electron chi connectivity index (χ1n) is 10.4. The van der Waals surface area contributed by atoms with Crippen LogP contribution in [0.1, 0.15) is 30.0 Å². The third kappa shape index (κ3) is 2.70. The standard InChI is InChI=1S/C23H25N3O3/c1-25-10-8-23(9-11-25)26-19(17-4-2-3-5-20(17)29-23)15-18(24-26)16-6-7-21-22(14-16)28-13-12-27-21/h2-7,14-15,19,24H,8-13H2,1H3/t19-/m0/s1. The molecule has 6 nitrogen and oxygen atoms in total. The Bertz CT molecular complexity index is 981. The smallest absolute Gasteiger partial charge is 0.182 e. The molecule has 150 valence electrons. The highest BCUT2D eigenvalue weighted by Crippen LogP contribution is 2.48. The first-order valence-corrected chi connectivity index (χ1v) is 10.4. The molecule has 6 rings (SSSR count). The van der Waals surface area contributed by atoms with E-state index in [-0.39, 0.29) is 11.8 Å². The molecule has 29 heavy (non-hydrogen) atoms. The average molecular weight is 391 g/mol. The molecular formula is C23H25N3O3. The normalized spacial score (nSPS) is 24.9. The summed E-state index contributed by atoms with van der Waals surface area (Å²) in [5.41, 5.74) is 6.75. The van der Waals surface area contributed by atoms with Gasteiger partial charge >= 0.3 is 0 Å². The number of nitrogens with zero attached hydrogens (tertiary/aromatic N) is 2. The summed E-state index contributed by atoms with van der Waals surface area (Å²) in [5, 5.41) is 2.33. The van der Waals surface area contributed by atoms with E-state index in [1.807, 2.05) is 6.07 Å². The van der Waals surface area contributed by atoms with Crippen molar-refractivity contribution in [2.24, 2.45) is 0 Å². The fourth-order valence-corrected chi connectivity index (χ4v) is 4.81. The second-order valence-corrected chi connectivity index (χ2v) is 8.25. The van der Waals surface area contributed by atoms with Crippen molar-refractivity contribution in [2.75, 3.05) is 33.4 Å². The van der Waals surface area contributed by atoms with Crippen LogP contribution in [-0.4, -0.2) is 49.0 Å². The van der Waals surface area contributed by atoms with Crippen LogP contribution in [-0.2, 0) is 0 Å². The fraction of sp³-hybridized carbons (Fsp3) is 0.391. The summed E-state index contributed by atoms with van der Waals surface area (Å²) >= 11 is 0. The van der Waals surface area contributed by atoms with Crippen LogP contribution in [0.15, 0.2) is 48.5 Å².